The van der Waals surface area contributed by atoms with Crippen LogP contribution in [0.15, 0.2) is 36.4 Å². The van der Waals surface area contributed by atoms with Gasteiger partial charge in [0, 0.05) is 12.1 Å². The molecule has 0 unspecified atom stereocenters. The monoisotopic (exact) mass is 494 g/mol. The van der Waals surface area contributed by atoms with Gasteiger partial charge in [-0.2, -0.15) is 8.78 Å². The molecule has 0 bridgehead atoms. The summed E-state index contributed by atoms with van der Waals surface area (Å²) in [6, 6.07) is 5.97. The molecule has 0 atom stereocenters. The Kier molecular flexibility index (Phi) is 9.25. The first kappa shape index (κ1) is 27.8. The summed E-state index contributed by atoms with van der Waals surface area (Å²) in [5.41, 5.74) is 0.397. The number of benzene rings is 2. The highest BCUT2D eigenvalue weighted by atomic mass is 19.4. The molecule has 0 aliphatic heterocycles. The molecule has 0 heterocycles. The molecule has 3 rings (SSSR count). The summed E-state index contributed by atoms with van der Waals surface area (Å²) in [7, 11) is 0. The van der Waals surface area contributed by atoms with Gasteiger partial charge in [0.15, 0.2) is 11.6 Å². The summed E-state index contributed by atoms with van der Waals surface area (Å²) in [5.74, 6) is -5.35. The third-order valence-corrected chi connectivity index (χ3v) is 5.97. The van der Waals surface area contributed by atoms with E-state index in [-0.39, 0.29) is 25.5 Å². The molecular formula is C25H29F7O2. The molecular weight excluding hydrogens is 465 g/mol. The molecule has 1 aliphatic carbocycles. The number of unbranched alkanes of at least 4 members (excludes halogenated alkanes) is 1. The Balaban J connectivity index is 0.00000408. The van der Waals surface area contributed by atoms with Gasteiger partial charge in [-0.3, -0.25) is 0 Å². The van der Waals surface area contributed by atoms with Gasteiger partial charge in [0.05, 0.1) is 5.56 Å². The van der Waals surface area contributed by atoms with E-state index >= 15 is 0 Å². The van der Waals surface area contributed by atoms with E-state index in [1.54, 1.807) is 12.1 Å². The minimum Gasteiger partial charge on any atom is -0.429 e. The predicted molar refractivity (Wildman–Crippen MR) is 115 cm³/mol. The first-order valence-electron chi connectivity index (χ1n) is 10.9. The summed E-state index contributed by atoms with van der Waals surface area (Å²) >= 11 is 0. The van der Waals surface area contributed by atoms with Crippen molar-refractivity contribution in [3.63, 3.8) is 0 Å². The zero-order valence-electron chi connectivity index (χ0n) is 18.0. The van der Waals surface area contributed by atoms with E-state index in [0.717, 1.165) is 31.2 Å². The van der Waals surface area contributed by atoms with Gasteiger partial charge in [-0.05, 0) is 55.2 Å². The molecule has 0 N–H and O–H groups in total. The van der Waals surface area contributed by atoms with Crippen molar-refractivity contribution in [2.75, 3.05) is 0 Å². The molecule has 0 radical (unpaired) electrons. The molecule has 0 aromatic heterocycles. The highest BCUT2D eigenvalue weighted by Gasteiger charge is 2.37. The maximum atomic E-state index is 14.5. The Morgan fingerprint density at radius 3 is 1.91 bits per heavy atom. The standard InChI is InChI=1S/C24H25F7O2.CH4/c1-2-3-4-15-5-7-16(8-6-15)17-9-11-18(12-10-17)23(27,28)32-19-13-20(25)22(21(26)14-19)33-24(29,30)31;/h9-16H,2-8H2,1H3;1H4. The van der Waals surface area contributed by atoms with Crippen molar-refractivity contribution in [2.24, 2.45) is 5.92 Å². The average Bonchev–Trinajstić information content (AvgIpc) is 2.74. The quantitative estimate of drug-likeness (QED) is 0.341. The van der Waals surface area contributed by atoms with E-state index in [9.17, 15) is 30.7 Å². The lowest BCUT2D eigenvalue weighted by molar-refractivity contribution is -0.276. The number of ether oxygens (including phenoxy) is 2. The summed E-state index contributed by atoms with van der Waals surface area (Å²) in [6.45, 7) is 2.16. The van der Waals surface area contributed by atoms with E-state index < -0.39 is 41.2 Å². The average molecular weight is 494 g/mol. The fraction of sp³-hybridized carbons (Fsp3) is 0.520. The van der Waals surface area contributed by atoms with Crippen LogP contribution in [-0.4, -0.2) is 6.36 Å². The maximum absolute atomic E-state index is 14.5. The SMILES string of the molecule is C.CCCCC1CCC(c2ccc(C(F)(F)Oc3cc(F)c(OC(F)(F)F)c(F)c3)cc2)CC1. The predicted octanol–water partition coefficient (Wildman–Crippen LogP) is 9.09. The minimum atomic E-state index is -5.34. The first-order valence-corrected chi connectivity index (χ1v) is 10.9. The second-order valence-corrected chi connectivity index (χ2v) is 8.36. The van der Waals surface area contributed by atoms with Crippen LogP contribution in [0, 0.1) is 17.6 Å². The van der Waals surface area contributed by atoms with Gasteiger partial charge in [0.1, 0.15) is 5.75 Å². The van der Waals surface area contributed by atoms with E-state index in [1.165, 1.54) is 31.4 Å². The van der Waals surface area contributed by atoms with Crippen LogP contribution in [0.1, 0.15) is 76.3 Å². The fourth-order valence-electron chi connectivity index (χ4n) is 4.24. The molecule has 2 aromatic rings. The third-order valence-electron chi connectivity index (χ3n) is 5.97. The lowest BCUT2D eigenvalue weighted by Crippen LogP contribution is -2.23. The second kappa shape index (κ2) is 11.3. The van der Waals surface area contributed by atoms with Crippen LogP contribution in [0.4, 0.5) is 30.7 Å². The Morgan fingerprint density at radius 2 is 1.41 bits per heavy atom. The molecule has 0 amide bonds. The van der Waals surface area contributed by atoms with E-state index in [1.807, 2.05) is 0 Å². The van der Waals surface area contributed by atoms with Gasteiger partial charge >= 0.3 is 12.5 Å². The van der Waals surface area contributed by atoms with Gasteiger partial charge < -0.3 is 9.47 Å². The van der Waals surface area contributed by atoms with E-state index in [2.05, 4.69) is 16.4 Å². The smallest absolute Gasteiger partial charge is 0.429 e. The van der Waals surface area contributed by atoms with Crippen LogP contribution in [0.25, 0.3) is 0 Å². The summed E-state index contributed by atoms with van der Waals surface area (Å²) in [5, 5.41) is 0. The van der Waals surface area contributed by atoms with Crippen molar-refractivity contribution >= 4 is 0 Å². The molecule has 0 spiro atoms. The van der Waals surface area contributed by atoms with Crippen molar-refractivity contribution in [1.82, 2.24) is 0 Å². The number of halogens is 7. The topological polar surface area (TPSA) is 18.5 Å². The molecule has 1 saturated carbocycles. The molecule has 1 aliphatic rings. The normalized spacial score (nSPS) is 18.8. The van der Waals surface area contributed by atoms with Crippen LogP contribution in [-0.2, 0) is 6.11 Å². The molecule has 34 heavy (non-hydrogen) atoms. The summed E-state index contributed by atoms with van der Waals surface area (Å²) in [6.07, 6.45) is -1.50. The number of hydrogen-bond acceptors (Lipinski definition) is 2. The van der Waals surface area contributed by atoms with Crippen molar-refractivity contribution in [3.05, 3.63) is 59.2 Å². The Labute approximate surface area is 195 Å². The Bertz CT molecular complexity index is 895. The van der Waals surface area contributed by atoms with Crippen LogP contribution >= 0.6 is 0 Å². The molecule has 0 saturated heterocycles. The van der Waals surface area contributed by atoms with Gasteiger partial charge in [0.2, 0.25) is 5.75 Å². The third kappa shape index (κ3) is 7.27. The molecule has 2 nitrogen and oxygen atoms in total. The van der Waals surface area contributed by atoms with Crippen LogP contribution in [0.3, 0.4) is 0 Å². The molecule has 190 valence electrons. The van der Waals surface area contributed by atoms with Gasteiger partial charge in [-0.25, -0.2) is 8.78 Å². The number of rotatable bonds is 8. The summed E-state index contributed by atoms with van der Waals surface area (Å²) < 4.78 is 101. The van der Waals surface area contributed by atoms with Gasteiger partial charge in [-0.15, -0.1) is 13.2 Å². The zero-order chi connectivity index (χ0) is 24.2. The second-order valence-electron chi connectivity index (χ2n) is 8.36. The molecule has 1 fully saturated rings. The molecule has 2 aromatic carbocycles. The van der Waals surface area contributed by atoms with Crippen LogP contribution < -0.4 is 9.47 Å². The van der Waals surface area contributed by atoms with Gasteiger partial charge in [-0.1, -0.05) is 45.7 Å². The minimum absolute atomic E-state index is 0. The van der Waals surface area contributed by atoms with Crippen molar-refractivity contribution in [1.29, 1.82) is 0 Å². The Hall–Kier alpha value is -2.45. The lowest BCUT2D eigenvalue weighted by Gasteiger charge is -2.29. The fourth-order valence-corrected chi connectivity index (χ4v) is 4.24. The highest BCUT2D eigenvalue weighted by molar-refractivity contribution is 5.36. The van der Waals surface area contributed by atoms with Crippen molar-refractivity contribution < 1.29 is 40.2 Å². The van der Waals surface area contributed by atoms with E-state index in [0.29, 0.717) is 5.92 Å². The number of alkyl halides is 5. The maximum Gasteiger partial charge on any atom is 0.573 e. The zero-order valence-corrected chi connectivity index (χ0v) is 18.0. The highest BCUT2D eigenvalue weighted by Crippen LogP contribution is 2.40. The van der Waals surface area contributed by atoms with Gasteiger partial charge in [0.25, 0.3) is 0 Å². The molecule has 9 heteroatoms. The lowest BCUT2D eigenvalue weighted by atomic mass is 9.77. The van der Waals surface area contributed by atoms with Crippen molar-refractivity contribution in [3.8, 4) is 11.5 Å². The van der Waals surface area contributed by atoms with E-state index in [4.69, 9.17) is 0 Å². The first-order chi connectivity index (χ1) is 15.5. The Morgan fingerprint density at radius 1 is 0.853 bits per heavy atom. The van der Waals surface area contributed by atoms with Crippen LogP contribution in [0.5, 0.6) is 11.5 Å². The largest absolute Gasteiger partial charge is 0.573 e. The van der Waals surface area contributed by atoms with Crippen LogP contribution in [0.2, 0.25) is 0 Å². The number of hydrogen-bond donors (Lipinski definition) is 0. The summed E-state index contributed by atoms with van der Waals surface area (Å²) in [4.78, 5) is 0. The van der Waals surface area contributed by atoms with Crippen molar-refractivity contribution in [2.45, 2.75) is 77.7 Å².